The first-order valence-electron chi connectivity index (χ1n) is 7.25. The minimum Gasteiger partial charge on any atom is -0.477 e. The highest BCUT2D eigenvalue weighted by Gasteiger charge is 2.33. The van der Waals surface area contributed by atoms with Crippen LogP contribution in [0.5, 0.6) is 5.75 Å². The summed E-state index contributed by atoms with van der Waals surface area (Å²) in [5.41, 5.74) is -1.16. The molecule has 1 aliphatic rings. The molecular formula is C15H16ClN3O4. The van der Waals surface area contributed by atoms with E-state index in [1.54, 1.807) is 0 Å². The predicted octanol–water partition coefficient (Wildman–Crippen LogP) is 2.97. The number of halogens is 1. The van der Waals surface area contributed by atoms with Crippen LogP contribution in [-0.2, 0) is 4.79 Å². The maximum absolute atomic E-state index is 12.0. The average molecular weight is 338 g/mol. The molecule has 122 valence electrons. The standard InChI is InChI=1S/C15H16ClN3O4/c16-11-4-5-13(12(8-11)19(21)22)23-9-14(20)18-15(10-17)6-2-1-3-7-15/h4-5,8H,1-3,6-7,9H2,(H,18,20). The van der Waals surface area contributed by atoms with Crippen LogP contribution in [0.2, 0.25) is 5.02 Å². The van der Waals surface area contributed by atoms with E-state index in [-0.39, 0.29) is 16.5 Å². The van der Waals surface area contributed by atoms with E-state index in [1.165, 1.54) is 12.1 Å². The van der Waals surface area contributed by atoms with E-state index in [1.807, 2.05) is 0 Å². The molecule has 1 fully saturated rings. The molecule has 1 saturated carbocycles. The van der Waals surface area contributed by atoms with Crippen molar-refractivity contribution >= 4 is 23.2 Å². The summed E-state index contributed by atoms with van der Waals surface area (Å²) in [5.74, 6) is -0.512. The van der Waals surface area contributed by atoms with E-state index in [2.05, 4.69) is 11.4 Å². The second-order valence-electron chi connectivity index (χ2n) is 5.46. The van der Waals surface area contributed by atoms with Crippen LogP contribution in [0.15, 0.2) is 18.2 Å². The number of rotatable bonds is 5. The lowest BCUT2D eigenvalue weighted by atomic mass is 9.83. The van der Waals surface area contributed by atoms with Gasteiger partial charge in [-0.05, 0) is 25.0 Å². The first kappa shape index (κ1) is 17.0. The number of ether oxygens (including phenoxy) is 1. The van der Waals surface area contributed by atoms with Gasteiger partial charge in [-0.1, -0.05) is 30.9 Å². The van der Waals surface area contributed by atoms with Crippen molar-refractivity contribution in [2.45, 2.75) is 37.6 Å². The molecule has 1 aromatic rings. The molecule has 8 heteroatoms. The summed E-state index contributed by atoms with van der Waals surface area (Å²) in [4.78, 5) is 22.3. The summed E-state index contributed by atoms with van der Waals surface area (Å²) in [5, 5.41) is 23.2. The van der Waals surface area contributed by atoms with Gasteiger partial charge in [0.1, 0.15) is 5.54 Å². The number of carbonyl (C=O) groups is 1. The van der Waals surface area contributed by atoms with Gasteiger partial charge in [-0.25, -0.2) is 0 Å². The SMILES string of the molecule is N#CC1(NC(=O)COc2ccc(Cl)cc2[N+](=O)[O-])CCCCC1. The fourth-order valence-corrected chi connectivity index (χ4v) is 2.79. The van der Waals surface area contributed by atoms with Crippen LogP contribution >= 0.6 is 11.6 Å². The number of hydrogen-bond acceptors (Lipinski definition) is 5. The maximum Gasteiger partial charge on any atom is 0.312 e. The van der Waals surface area contributed by atoms with Crippen molar-refractivity contribution in [2.75, 3.05) is 6.61 Å². The highest BCUT2D eigenvalue weighted by molar-refractivity contribution is 6.30. The summed E-state index contributed by atoms with van der Waals surface area (Å²) in [6.07, 6.45) is 4.04. The monoisotopic (exact) mass is 337 g/mol. The summed E-state index contributed by atoms with van der Waals surface area (Å²) in [6, 6.07) is 6.12. The van der Waals surface area contributed by atoms with E-state index in [0.717, 1.165) is 25.3 Å². The van der Waals surface area contributed by atoms with Crippen molar-refractivity contribution in [3.63, 3.8) is 0 Å². The van der Waals surface area contributed by atoms with Crippen LogP contribution in [-0.4, -0.2) is 23.0 Å². The van der Waals surface area contributed by atoms with Gasteiger partial charge in [-0.15, -0.1) is 0 Å². The Hall–Kier alpha value is -2.33. The van der Waals surface area contributed by atoms with Crippen molar-refractivity contribution in [3.05, 3.63) is 33.3 Å². The first-order valence-corrected chi connectivity index (χ1v) is 7.62. The fraction of sp³-hybridized carbons (Fsp3) is 0.467. The van der Waals surface area contributed by atoms with E-state index in [4.69, 9.17) is 16.3 Å². The van der Waals surface area contributed by atoms with Crippen LogP contribution in [0, 0.1) is 21.4 Å². The smallest absolute Gasteiger partial charge is 0.312 e. The third kappa shape index (κ3) is 4.33. The zero-order valence-electron chi connectivity index (χ0n) is 12.4. The highest BCUT2D eigenvalue weighted by Crippen LogP contribution is 2.30. The highest BCUT2D eigenvalue weighted by atomic mass is 35.5. The molecular weight excluding hydrogens is 322 g/mol. The van der Waals surface area contributed by atoms with Gasteiger partial charge < -0.3 is 10.1 Å². The normalized spacial score (nSPS) is 16.2. The van der Waals surface area contributed by atoms with E-state index < -0.39 is 23.0 Å². The molecule has 2 rings (SSSR count). The Labute approximate surface area is 138 Å². The van der Waals surface area contributed by atoms with Crippen LogP contribution in [0.25, 0.3) is 0 Å². The Bertz CT molecular complexity index is 651. The van der Waals surface area contributed by atoms with E-state index in [0.29, 0.717) is 12.8 Å². The Morgan fingerprint density at radius 3 is 2.74 bits per heavy atom. The largest absolute Gasteiger partial charge is 0.477 e. The lowest BCUT2D eigenvalue weighted by Crippen LogP contribution is -2.50. The number of nitrogens with zero attached hydrogens (tertiary/aromatic N) is 2. The number of amides is 1. The molecule has 0 saturated heterocycles. The van der Waals surface area contributed by atoms with Crippen molar-refractivity contribution in [1.29, 1.82) is 5.26 Å². The summed E-state index contributed by atoms with van der Waals surface area (Å²) < 4.78 is 5.22. The second-order valence-corrected chi connectivity index (χ2v) is 5.90. The van der Waals surface area contributed by atoms with Gasteiger partial charge >= 0.3 is 5.69 Å². The Balaban J connectivity index is 1.99. The minimum absolute atomic E-state index is 0.0378. The average Bonchev–Trinajstić information content (AvgIpc) is 2.54. The second kappa shape index (κ2) is 7.29. The number of hydrogen-bond donors (Lipinski definition) is 1. The summed E-state index contributed by atoms with van der Waals surface area (Å²) >= 11 is 5.71. The maximum atomic E-state index is 12.0. The molecule has 23 heavy (non-hydrogen) atoms. The van der Waals surface area contributed by atoms with E-state index >= 15 is 0 Å². The molecule has 0 aliphatic heterocycles. The van der Waals surface area contributed by atoms with Crippen LogP contribution in [0.1, 0.15) is 32.1 Å². The Morgan fingerprint density at radius 2 is 2.13 bits per heavy atom. The Morgan fingerprint density at radius 1 is 1.43 bits per heavy atom. The molecule has 0 aromatic heterocycles. The molecule has 1 aromatic carbocycles. The molecule has 1 amide bonds. The third-order valence-corrected chi connectivity index (χ3v) is 4.01. The lowest BCUT2D eigenvalue weighted by Gasteiger charge is -2.31. The fourth-order valence-electron chi connectivity index (χ4n) is 2.62. The number of carbonyl (C=O) groups excluding carboxylic acids is 1. The molecule has 0 radical (unpaired) electrons. The minimum atomic E-state index is -0.857. The van der Waals surface area contributed by atoms with Gasteiger partial charge in [-0.2, -0.15) is 5.26 Å². The van der Waals surface area contributed by atoms with Gasteiger partial charge in [0.05, 0.1) is 11.0 Å². The third-order valence-electron chi connectivity index (χ3n) is 3.78. The topological polar surface area (TPSA) is 105 Å². The zero-order valence-corrected chi connectivity index (χ0v) is 13.1. The molecule has 7 nitrogen and oxygen atoms in total. The van der Waals surface area contributed by atoms with Gasteiger partial charge in [0.2, 0.25) is 0 Å². The summed E-state index contributed by atoms with van der Waals surface area (Å²) in [7, 11) is 0. The van der Waals surface area contributed by atoms with Gasteiger partial charge in [-0.3, -0.25) is 14.9 Å². The van der Waals surface area contributed by atoms with Crippen molar-refractivity contribution in [3.8, 4) is 11.8 Å². The van der Waals surface area contributed by atoms with Crippen LogP contribution < -0.4 is 10.1 Å². The van der Waals surface area contributed by atoms with Crippen LogP contribution in [0.4, 0.5) is 5.69 Å². The van der Waals surface area contributed by atoms with Gasteiger partial charge in [0.25, 0.3) is 5.91 Å². The Kier molecular flexibility index (Phi) is 5.40. The first-order chi connectivity index (χ1) is 11.0. The number of nitro groups is 1. The molecule has 0 heterocycles. The zero-order chi connectivity index (χ0) is 16.9. The summed E-state index contributed by atoms with van der Waals surface area (Å²) in [6.45, 7) is -0.397. The van der Waals surface area contributed by atoms with Crippen molar-refractivity contribution < 1.29 is 14.5 Å². The quantitative estimate of drug-likeness (QED) is 0.656. The van der Waals surface area contributed by atoms with E-state index in [9.17, 15) is 20.2 Å². The van der Waals surface area contributed by atoms with Crippen LogP contribution in [0.3, 0.4) is 0 Å². The number of nitro benzene ring substituents is 1. The molecule has 0 bridgehead atoms. The van der Waals surface area contributed by atoms with Gasteiger partial charge in [0, 0.05) is 11.1 Å². The lowest BCUT2D eigenvalue weighted by molar-refractivity contribution is -0.385. The number of benzene rings is 1. The molecule has 1 aliphatic carbocycles. The van der Waals surface area contributed by atoms with Crippen molar-refractivity contribution in [2.24, 2.45) is 0 Å². The van der Waals surface area contributed by atoms with Gasteiger partial charge in [0.15, 0.2) is 12.4 Å². The number of nitrogens with one attached hydrogen (secondary N) is 1. The molecule has 1 N–H and O–H groups in total. The predicted molar refractivity (Wildman–Crippen MR) is 83.2 cm³/mol. The molecule has 0 atom stereocenters. The van der Waals surface area contributed by atoms with Crippen molar-refractivity contribution in [1.82, 2.24) is 5.32 Å². The molecule has 0 unspecified atom stereocenters. The molecule has 0 spiro atoms. The number of nitriles is 1.